The first kappa shape index (κ1) is 22.6. The minimum Gasteiger partial charge on any atom is -0.356 e. The maximum Gasteiger partial charge on any atom is 0.433 e. The van der Waals surface area contributed by atoms with E-state index in [1.165, 1.54) is 6.07 Å². The Morgan fingerprint density at radius 2 is 2.00 bits per heavy atom. The topological polar surface area (TPSA) is 69.0 Å². The van der Waals surface area contributed by atoms with Gasteiger partial charge in [-0.2, -0.15) is 18.4 Å². The van der Waals surface area contributed by atoms with Gasteiger partial charge < -0.3 is 10.2 Å². The Morgan fingerprint density at radius 1 is 1.29 bits per heavy atom. The predicted molar refractivity (Wildman–Crippen MR) is 111 cm³/mol. The lowest BCUT2D eigenvalue weighted by Crippen LogP contribution is -2.35. The molecule has 31 heavy (non-hydrogen) atoms. The molecule has 0 saturated carbocycles. The summed E-state index contributed by atoms with van der Waals surface area (Å²) in [5.41, 5.74) is 0.782. The van der Waals surface area contributed by atoms with Crippen LogP contribution in [0.2, 0.25) is 0 Å². The minimum atomic E-state index is -4.53. The van der Waals surface area contributed by atoms with E-state index in [0.717, 1.165) is 18.9 Å². The van der Waals surface area contributed by atoms with Crippen molar-refractivity contribution >= 4 is 11.7 Å². The van der Waals surface area contributed by atoms with Crippen LogP contribution in [0.3, 0.4) is 0 Å². The van der Waals surface area contributed by atoms with Crippen molar-refractivity contribution in [2.24, 2.45) is 5.92 Å². The van der Waals surface area contributed by atoms with Crippen molar-refractivity contribution in [3.63, 3.8) is 0 Å². The van der Waals surface area contributed by atoms with Crippen LogP contribution in [0.25, 0.3) is 0 Å². The van der Waals surface area contributed by atoms with E-state index in [4.69, 9.17) is 5.26 Å². The number of carbonyl (C=O) groups is 1. The number of aromatic nitrogens is 1. The Balaban J connectivity index is 1.78. The molecule has 164 valence electrons. The molecule has 1 unspecified atom stereocenters. The Hall–Kier alpha value is -3.08. The van der Waals surface area contributed by atoms with Gasteiger partial charge in [-0.05, 0) is 49.4 Å². The van der Waals surface area contributed by atoms with Gasteiger partial charge in [0.05, 0.1) is 17.6 Å². The molecule has 1 saturated heterocycles. The predicted octanol–water partition coefficient (Wildman–Crippen LogP) is 4.63. The maximum absolute atomic E-state index is 13.2. The van der Waals surface area contributed by atoms with Crippen molar-refractivity contribution in [2.45, 2.75) is 45.3 Å². The molecule has 1 aromatic carbocycles. The Bertz CT molecular complexity index is 976. The molecule has 1 atom stereocenters. The first-order valence-corrected chi connectivity index (χ1v) is 10.3. The maximum atomic E-state index is 13.2. The van der Waals surface area contributed by atoms with E-state index in [-0.39, 0.29) is 18.3 Å². The molecule has 1 amide bonds. The molecule has 1 aliphatic heterocycles. The number of nitrogens with one attached hydrogen (secondary N) is 1. The summed E-state index contributed by atoms with van der Waals surface area (Å²) in [6.07, 6.45) is -2.76. The first-order chi connectivity index (χ1) is 14.7. The number of nitriles is 1. The van der Waals surface area contributed by atoms with Crippen LogP contribution in [0.5, 0.6) is 0 Å². The summed E-state index contributed by atoms with van der Waals surface area (Å²) < 4.78 is 39.7. The van der Waals surface area contributed by atoms with Crippen LogP contribution in [0.1, 0.15) is 55.0 Å². The fraction of sp³-hybridized carbons (Fsp3) is 0.435. The van der Waals surface area contributed by atoms with Crippen molar-refractivity contribution in [3.8, 4) is 6.07 Å². The quantitative estimate of drug-likeness (QED) is 0.751. The molecule has 1 aromatic heterocycles. The molecule has 1 N–H and O–H groups in total. The van der Waals surface area contributed by atoms with Crippen molar-refractivity contribution in [3.05, 3.63) is 58.8 Å². The molecule has 0 aliphatic carbocycles. The average molecular weight is 430 g/mol. The van der Waals surface area contributed by atoms with Crippen LogP contribution < -0.4 is 10.2 Å². The molecule has 0 radical (unpaired) electrons. The van der Waals surface area contributed by atoms with Crippen LogP contribution >= 0.6 is 0 Å². The van der Waals surface area contributed by atoms with Gasteiger partial charge in [0.15, 0.2) is 0 Å². The van der Waals surface area contributed by atoms with Gasteiger partial charge in [0, 0.05) is 25.2 Å². The van der Waals surface area contributed by atoms with Gasteiger partial charge in [-0.25, -0.2) is 4.98 Å². The second kappa shape index (κ2) is 9.38. The fourth-order valence-electron chi connectivity index (χ4n) is 3.63. The molecule has 2 aromatic rings. The van der Waals surface area contributed by atoms with Gasteiger partial charge in [-0.15, -0.1) is 0 Å². The Morgan fingerprint density at radius 3 is 2.65 bits per heavy atom. The number of benzene rings is 1. The smallest absolute Gasteiger partial charge is 0.356 e. The van der Waals surface area contributed by atoms with Gasteiger partial charge in [0.1, 0.15) is 11.5 Å². The SMILES string of the molecule is CC1CCN(c2nc(C(F)(F)F)ccc2CNC(=O)C(C)c2cccc(C#N)c2)CC1. The van der Waals surface area contributed by atoms with Crippen LogP contribution in [0.15, 0.2) is 36.4 Å². The molecule has 1 fully saturated rings. The average Bonchev–Trinajstić information content (AvgIpc) is 2.76. The zero-order valence-corrected chi connectivity index (χ0v) is 17.5. The summed E-state index contributed by atoms with van der Waals surface area (Å²) in [6, 6.07) is 11.2. The van der Waals surface area contributed by atoms with Crippen LogP contribution in [-0.4, -0.2) is 24.0 Å². The van der Waals surface area contributed by atoms with Crippen LogP contribution in [-0.2, 0) is 17.5 Å². The van der Waals surface area contributed by atoms with Gasteiger partial charge in [0.25, 0.3) is 0 Å². The number of amides is 1. The first-order valence-electron chi connectivity index (χ1n) is 10.3. The van der Waals surface area contributed by atoms with Crippen molar-refractivity contribution < 1.29 is 18.0 Å². The molecule has 0 bridgehead atoms. The molecule has 3 rings (SSSR count). The number of pyridine rings is 1. The number of alkyl halides is 3. The third kappa shape index (κ3) is 5.54. The Kier molecular flexibility index (Phi) is 6.84. The molecule has 0 spiro atoms. The van der Waals surface area contributed by atoms with E-state index in [1.807, 2.05) is 11.0 Å². The van der Waals surface area contributed by atoms with E-state index in [2.05, 4.69) is 17.2 Å². The molecule has 1 aliphatic rings. The number of halogens is 3. The third-order valence-electron chi connectivity index (χ3n) is 5.69. The largest absolute Gasteiger partial charge is 0.433 e. The monoisotopic (exact) mass is 430 g/mol. The lowest BCUT2D eigenvalue weighted by molar-refractivity contribution is -0.141. The highest BCUT2D eigenvalue weighted by atomic mass is 19.4. The standard InChI is InChI=1S/C23H25F3N4O/c1-15-8-10-30(11-9-15)21-19(6-7-20(29-21)23(24,25)26)14-28-22(31)16(2)18-5-3-4-17(12-18)13-27/h3-7,12,15-16H,8-11,14H2,1-2H3,(H,28,31). The highest BCUT2D eigenvalue weighted by Gasteiger charge is 2.34. The number of rotatable bonds is 5. The molecule has 5 nitrogen and oxygen atoms in total. The summed E-state index contributed by atoms with van der Waals surface area (Å²) >= 11 is 0. The summed E-state index contributed by atoms with van der Waals surface area (Å²) in [6.45, 7) is 5.19. The number of carbonyl (C=O) groups excluding carboxylic acids is 1. The normalized spacial score (nSPS) is 15.9. The van der Waals surface area contributed by atoms with Crippen LogP contribution in [0, 0.1) is 17.2 Å². The second-order valence-corrected chi connectivity index (χ2v) is 8.02. The van der Waals surface area contributed by atoms with E-state index in [1.54, 1.807) is 31.2 Å². The minimum absolute atomic E-state index is 0.0770. The van der Waals surface area contributed by atoms with Crippen molar-refractivity contribution in [2.75, 3.05) is 18.0 Å². The Labute approximate surface area is 179 Å². The highest BCUT2D eigenvalue weighted by Crippen LogP contribution is 2.32. The molecular formula is C23H25F3N4O. The van der Waals surface area contributed by atoms with Gasteiger partial charge in [-0.1, -0.05) is 25.1 Å². The molecule has 2 heterocycles. The zero-order valence-electron chi connectivity index (χ0n) is 17.5. The van der Waals surface area contributed by atoms with Crippen molar-refractivity contribution in [1.29, 1.82) is 5.26 Å². The molecule has 8 heteroatoms. The zero-order chi connectivity index (χ0) is 22.6. The van der Waals surface area contributed by atoms with Crippen molar-refractivity contribution in [1.82, 2.24) is 10.3 Å². The van der Waals surface area contributed by atoms with Crippen LogP contribution in [0.4, 0.5) is 19.0 Å². The van der Waals surface area contributed by atoms with Gasteiger partial charge in [0.2, 0.25) is 5.91 Å². The number of hydrogen-bond donors (Lipinski definition) is 1. The summed E-state index contributed by atoms with van der Waals surface area (Å²) in [5.74, 6) is 0.0274. The fourth-order valence-corrected chi connectivity index (χ4v) is 3.63. The lowest BCUT2D eigenvalue weighted by Gasteiger charge is -2.33. The number of anilines is 1. The van der Waals surface area contributed by atoms with Gasteiger partial charge >= 0.3 is 6.18 Å². The third-order valence-corrected chi connectivity index (χ3v) is 5.69. The summed E-state index contributed by atoms with van der Waals surface area (Å²) in [4.78, 5) is 18.4. The highest BCUT2D eigenvalue weighted by molar-refractivity contribution is 5.83. The summed E-state index contributed by atoms with van der Waals surface area (Å²) in [7, 11) is 0. The number of nitrogens with zero attached hydrogens (tertiary/aromatic N) is 3. The van der Waals surface area contributed by atoms with E-state index < -0.39 is 17.8 Å². The van der Waals surface area contributed by atoms with E-state index in [0.29, 0.717) is 35.7 Å². The summed E-state index contributed by atoms with van der Waals surface area (Å²) in [5, 5.41) is 11.9. The number of hydrogen-bond acceptors (Lipinski definition) is 4. The lowest BCUT2D eigenvalue weighted by atomic mass is 9.98. The van der Waals surface area contributed by atoms with Gasteiger partial charge in [-0.3, -0.25) is 4.79 Å². The second-order valence-electron chi connectivity index (χ2n) is 8.02. The molecular weight excluding hydrogens is 405 g/mol. The van der Waals surface area contributed by atoms with E-state index >= 15 is 0 Å². The number of piperidine rings is 1. The van der Waals surface area contributed by atoms with E-state index in [9.17, 15) is 18.0 Å².